The first kappa shape index (κ1) is 21.7. The molecule has 0 aromatic heterocycles. The molecular weight excluding hydrogens is 424 g/mol. The lowest BCUT2D eigenvalue weighted by atomic mass is 9.98. The fraction of sp³-hybridized carbons (Fsp3) is 0.154. The van der Waals surface area contributed by atoms with Crippen LogP contribution >= 0.6 is 11.6 Å². The topological polar surface area (TPSA) is 49.9 Å². The highest BCUT2D eigenvalue weighted by Gasteiger charge is 2.42. The van der Waals surface area contributed by atoms with E-state index in [2.05, 4.69) is 0 Å². The molecule has 0 bridgehead atoms. The van der Waals surface area contributed by atoms with E-state index in [1.54, 1.807) is 48.4 Å². The molecule has 2 amide bonds. The van der Waals surface area contributed by atoms with Crippen molar-refractivity contribution in [3.63, 3.8) is 0 Å². The minimum absolute atomic E-state index is 0.0864. The van der Waals surface area contributed by atoms with E-state index in [0.717, 1.165) is 11.1 Å². The fourth-order valence-corrected chi connectivity index (χ4v) is 4.06. The summed E-state index contributed by atoms with van der Waals surface area (Å²) < 4.78 is 5.45. The van der Waals surface area contributed by atoms with Crippen LogP contribution in [0.5, 0.6) is 5.75 Å². The van der Waals surface area contributed by atoms with Gasteiger partial charge in [-0.05, 0) is 54.5 Å². The highest BCUT2D eigenvalue weighted by molar-refractivity contribution is 6.30. The SMILES string of the molecule is COc1ccccc1N1CC(=O)N(c2ccc(Cl)cc2)[C@H](/C(C)=C/c2ccccc2)C1=O. The molecule has 3 aromatic carbocycles. The monoisotopic (exact) mass is 446 g/mol. The molecule has 0 spiro atoms. The number of rotatable bonds is 5. The van der Waals surface area contributed by atoms with E-state index in [9.17, 15) is 9.59 Å². The molecule has 162 valence electrons. The van der Waals surface area contributed by atoms with Crippen LogP contribution in [0.1, 0.15) is 12.5 Å². The van der Waals surface area contributed by atoms with Crippen LogP contribution in [0.3, 0.4) is 0 Å². The lowest BCUT2D eigenvalue weighted by molar-refractivity contribution is -0.127. The van der Waals surface area contributed by atoms with Crippen molar-refractivity contribution in [2.24, 2.45) is 0 Å². The second-order valence-corrected chi connectivity index (χ2v) is 7.97. The minimum Gasteiger partial charge on any atom is -0.495 e. The number of ether oxygens (including phenoxy) is 1. The number of methoxy groups -OCH3 is 1. The molecule has 4 rings (SSSR count). The van der Waals surface area contributed by atoms with Crippen LogP contribution in [-0.4, -0.2) is 31.5 Å². The van der Waals surface area contributed by atoms with E-state index in [1.165, 1.54) is 4.90 Å². The van der Waals surface area contributed by atoms with Gasteiger partial charge in [-0.3, -0.25) is 19.4 Å². The molecule has 32 heavy (non-hydrogen) atoms. The van der Waals surface area contributed by atoms with Crippen LogP contribution < -0.4 is 14.5 Å². The maximum absolute atomic E-state index is 13.8. The molecule has 0 unspecified atom stereocenters. The van der Waals surface area contributed by atoms with Gasteiger partial charge in [0.15, 0.2) is 0 Å². The van der Waals surface area contributed by atoms with Crippen LogP contribution in [0, 0.1) is 0 Å². The summed E-state index contributed by atoms with van der Waals surface area (Å²) in [7, 11) is 1.55. The molecule has 0 aliphatic carbocycles. The first-order valence-electron chi connectivity index (χ1n) is 10.2. The smallest absolute Gasteiger partial charge is 0.255 e. The summed E-state index contributed by atoms with van der Waals surface area (Å²) in [4.78, 5) is 30.3. The number of benzene rings is 3. The van der Waals surface area contributed by atoms with Gasteiger partial charge in [0, 0.05) is 10.7 Å². The van der Waals surface area contributed by atoms with Gasteiger partial charge in [-0.15, -0.1) is 0 Å². The third-order valence-corrected chi connectivity index (χ3v) is 5.68. The Hall–Kier alpha value is -3.57. The summed E-state index contributed by atoms with van der Waals surface area (Å²) in [6.45, 7) is 1.79. The predicted molar refractivity (Wildman–Crippen MR) is 128 cm³/mol. The van der Waals surface area contributed by atoms with Crippen molar-refractivity contribution < 1.29 is 14.3 Å². The second-order valence-electron chi connectivity index (χ2n) is 7.54. The van der Waals surface area contributed by atoms with Gasteiger partial charge in [-0.1, -0.05) is 60.1 Å². The second kappa shape index (κ2) is 9.28. The molecule has 0 saturated carbocycles. The first-order chi connectivity index (χ1) is 15.5. The number of hydrogen-bond acceptors (Lipinski definition) is 3. The van der Waals surface area contributed by atoms with E-state index in [4.69, 9.17) is 16.3 Å². The number of halogens is 1. The van der Waals surface area contributed by atoms with Gasteiger partial charge in [0.05, 0.1) is 12.8 Å². The number of carbonyl (C=O) groups is 2. The number of nitrogens with zero attached hydrogens (tertiary/aromatic N) is 2. The highest BCUT2D eigenvalue weighted by Crippen LogP contribution is 2.34. The number of para-hydroxylation sites is 2. The number of hydrogen-bond donors (Lipinski definition) is 0. The van der Waals surface area contributed by atoms with Gasteiger partial charge in [0.1, 0.15) is 18.3 Å². The zero-order valence-electron chi connectivity index (χ0n) is 17.9. The number of carbonyl (C=O) groups excluding carboxylic acids is 2. The summed E-state index contributed by atoms with van der Waals surface area (Å²) in [6.07, 6.45) is 1.94. The molecule has 0 radical (unpaired) electrons. The Kier molecular flexibility index (Phi) is 6.28. The summed E-state index contributed by atoms with van der Waals surface area (Å²) >= 11 is 6.05. The minimum atomic E-state index is -0.803. The zero-order chi connectivity index (χ0) is 22.7. The Morgan fingerprint density at radius 2 is 1.62 bits per heavy atom. The molecule has 5 nitrogen and oxygen atoms in total. The van der Waals surface area contributed by atoms with Crippen molar-refractivity contribution in [2.45, 2.75) is 13.0 Å². The van der Waals surface area contributed by atoms with Gasteiger partial charge >= 0.3 is 0 Å². The van der Waals surface area contributed by atoms with Crippen LogP contribution in [-0.2, 0) is 9.59 Å². The van der Waals surface area contributed by atoms with Gasteiger partial charge in [0.2, 0.25) is 5.91 Å². The molecular formula is C26H23ClN2O3. The molecule has 1 heterocycles. The standard InChI is InChI=1S/C26H23ClN2O3/c1-18(16-19-8-4-3-5-9-19)25-26(31)28(22-10-6-7-11-23(22)32-2)17-24(30)29(25)21-14-12-20(27)13-15-21/h3-16,25H,17H2,1-2H3/b18-16+/t25-/m1/s1. The molecule has 1 aliphatic heterocycles. The number of amides is 2. The Bertz CT molecular complexity index is 1160. The van der Waals surface area contributed by atoms with Crippen LogP contribution in [0.25, 0.3) is 6.08 Å². The molecule has 0 N–H and O–H groups in total. The summed E-state index contributed by atoms with van der Waals surface area (Å²) in [6, 6.07) is 23.1. The van der Waals surface area contributed by atoms with Crippen molar-refractivity contribution in [1.82, 2.24) is 0 Å². The van der Waals surface area contributed by atoms with E-state index in [-0.39, 0.29) is 18.4 Å². The van der Waals surface area contributed by atoms with Gasteiger partial charge in [-0.2, -0.15) is 0 Å². The van der Waals surface area contributed by atoms with Crippen LogP contribution in [0.2, 0.25) is 5.02 Å². The average molecular weight is 447 g/mol. The normalized spacial score (nSPS) is 17.0. The Morgan fingerprint density at radius 3 is 2.31 bits per heavy atom. The lowest BCUT2D eigenvalue weighted by Crippen LogP contribution is -2.61. The summed E-state index contributed by atoms with van der Waals surface area (Å²) in [5.74, 6) is 0.148. The number of anilines is 2. The van der Waals surface area contributed by atoms with Gasteiger partial charge in [-0.25, -0.2) is 0 Å². The molecule has 1 aliphatic rings. The molecule has 1 saturated heterocycles. The molecule has 3 aromatic rings. The van der Waals surface area contributed by atoms with E-state index in [1.807, 2.05) is 55.5 Å². The van der Waals surface area contributed by atoms with Crippen molar-refractivity contribution >= 4 is 40.9 Å². The van der Waals surface area contributed by atoms with Gasteiger partial charge < -0.3 is 4.74 Å². The van der Waals surface area contributed by atoms with E-state index < -0.39 is 6.04 Å². The molecule has 1 atom stereocenters. The summed E-state index contributed by atoms with van der Waals surface area (Å²) in [5.41, 5.74) is 2.90. The van der Waals surface area contributed by atoms with Crippen LogP contribution in [0.15, 0.2) is 84.4 Å². The summed E-state index contributed by atoms with van der Waals surface area (Å²) in [5, 5.41) is 0.563. The van der Waals surface area contributed by atoms with Gasteiger partial charge in [0.25, 0.3) is 5.91 Å². The van der Waals surface area contributed by atoms with Crippen molar-refractivity contribution in [3.05, 3.63) is 95.0 Å². The van der Waals surface area contributed by atoms with Crippen LogP contribution in [0.4, 0.5) is 11.4 Å². The largest absolute Gasteiger partial charge is 0.495 e. The average Bonchev–Trinajstić information content (AvgIpc) is 2.81. The highest BCUT2D eigenvalue weighted by atomic mass is 35.5. The molecule has 6 heteroatoms. The molecule has 1 fully saturated rings. The Labute approximate surface area is 192 Å². The van der Waals surface area contributed by atoms with Crippen molar-refractivity contribution in [1.29, 1.82) is 0 Å². The maximum Gasteiger partial charge on any atom is 0.255 e. The fourth-order valence-electron chi connectivity index (χ4n) is 3.93. The zero-order valence-corrected chi connectivity index (χ0v) is 18.6. The quantitative estimate of drug-likeness (QED) is 0.541. The third-order valence-electron chi connectivity index (χ3n) is 5.43. The third kappa shape index (κ3) is 4.25. The number of piperazine rings is 1. The first-order valence-corrected chi connectivity index (χ1v) is 10.6. The Morgan fingerprint density at radius 1 is 0.969 bits per heavy atom. The van der Waals surface area contributed by atoms with E-state index in [0.29, 0.717) is 22.1 Å². The van der Waals surface area contributed by atoms with Crippen molar-refractivity contribution in [3.8, 4) is 5.75 Å². The predicted octanol–water partition coefficient (Wildman–Crippen LogP) is 5.20. The lowest BCUT2D eigenvalue weighted by Gasteiger charge is -2.41. The van der Waals surface area contributed by atoms with E-state index >= 15 is 0 Å². The van der Waals surface area contributed by atoms with Crippen molar-refractivity contribution in [2.75, 3.05) is 23.5 Å². The maximum atomic E-state index is 13.8. The Balaban J connectivity index is 1.81.